The summed E-state index contributed by atoms with van der Waals surface area (Å²) < 4.78 is 53.7. The van der Waals surface area contributed by atoms with Crippen LogP contribution in [0, 0.1) is 0 Å². The third-order valence-corrected chi connectivity index (χ3v) is 6.80. The number of aromatic nitrogens is 3. The van der Waals surface area contributed by atoms with E-state index in [0.717, 1.165) is 16.5 Å². The molecule has 1 unspecified atom stereocenters. The number of hydrogen-bond acceptors (Lipinski definition) is 7. The Labute approximate surface area is 202 Å². The lowest BCUT2D eigenvalue weighted by molar-refractivity contribution is 0.0636. The summed E-state index contributed by atoms with van der Waals surface area (Å²) in [5, 5.41) is 8.83. The van der Waals surface area contributed by atoms with E-state index in [1.807, 2.05) is 0 Å². The van der Waals surface area contributed by atoms with Crippen LogP contribution in [-0.2, 0) is 21.8 Å². The molecule has 0 fully saturated rings. The van der Waals surface area contributed by atoms with E-state index in [0.29, 0.717) is 0 Å². The van der Waals surface area contributed by atoms with E-state index >= 15 is 0 Å². The zero-order valence-corrected chi connectivity index (χ0v) is 21.1. The topological polar surface area (TPSA) is 136 Å². The molecule has 35 heavy (non-hydrogen) atoms. The van der Waals surface area contributed by atoms with Crippen LogP contribution < -0.4 is 20.0 Å². The van der Waals surface area contributed by atoms with Crippen molar-refractivity contribution in [3.05, 3.63) is 57.4 Å². The number of halogens is 1. The Bertz CT molecular complexity index is 1350. The number of aromatic amines is 1. The number of anilines is 2. The number of hydrogen-bond donors (Lipinski definition) is 2. The van der Waals surface area contributed by atoms with E-state index in [-0.39, 0.29) is 34.4 Å². The number of amides is 1. The molecule has 13 heteroatoms. The maximum Gasteiger partial charge on any atom is 0.412 e. The van der Waals surface area contributed by atoms with Crippen molar-refractivity contribution in [2.45, 2.75) is 46.3 Å². The molecule has 1 aromatic carbocycles. The first-order valence-electron chi connectivity index (χ1n) is 10.6. The van der Waals surface area contributed by atoms with Crippen LogP contribution in [0.5, 0.6) is 5.75 Å². The van der Waals surface area contributed by atoms with Crippen molar-refractivity contribution in [2.75, 3.05) is 16.2 Å². The van der Waals surface area contributed by atoms with Crippen LogP contribution in [0.2, 0.25) is 0 Å². The number of benzene rings is 1. The van der Waals surface area contributed by atoms with Crippen LogP contribution in [0.3, 0.4) is 0 Å². The zero-order chi connectivity index (χ0) is 26.1. The molecule has 3 rings (SSSR count). The summed E-state index contributed by atoms with van der Waals surface area (Å²) in [7, 11) is -2.68. The van der Waals surface area contributed by atoms with Gasteiger partial charge in [0.25, 0.3) is 10.0 Å². The van der Waals surface area contributed by atoms with Gasteiger partial charge in [-0.2, -0.15) is 5.10 Å². The monoisotopic (exact) mass is 509 g/mol. The molecule has 0 bridgehead atoms. The van der Waals surface area contributed by atoms with Crippen molar-refractivity contribution in [1.82, 2.24) is 14.8 Å². The highest BCUT2D eigenvalue weighted by atomic mass is 32.2. The number of ether oxygens (including phenoxy) is 2. The number of carbonyl (C=O) groups is 1. The molecule has 1 aromatic heterocycles. The molecule has 1 atom stereocenters. The van der Waals surface area contributed by atoms with Crippen molar-refractivity contribution in [3.8, 4) is 5.75 Å². The SMILES string of the molecule is CC(F)=CC=C(C)S(=O)(=O)N1CC(c2n[nH]c(=O)n2C)Oc2ccc(NC(=O)OC(C)(C)C)cc21. The van der Waals surface area contributed by atoms with Crippen molar-refractivity contribution in [3.63, 3.8) is 0 Å². The Morgan fingerprint density at radius 3 is 2.57 bits per heavy atom. The first-order valence-corrected chi connectivity index (χ1v) is 12.1. The van der Waals surface area contributed by atoms with Crippen LogP contribution in [0.1, 0.15) is 46.5 Å². The van der Waals surface area contributed by atoms with Gasteiger partial charge in [0, 0.05) is 12.7 Å². The Hall–Kier alpha value is -3.61. The largest absolute Gasteiger partial charge is 0.478 e. The van der Waals surface area contributed by atoms with Gasteiger partial charge in [-0.25, -0.2) is 27.5 Å². The van der Waals surface area contributed by atoms with Gasteiger partial charge in [0.1, 0.15) is 11.4 Å². The average molecular weight is 510 g/mol. The van der Waals surface area contributed by atoms with Crippen LogP contribution in [-0.4, -0.2) is 41.4 Å². The number of nitrogens with zero attached hydrogens (tertiary/aromatic N) is 3. The Morgan fingerprint density at radius 2 is 2.00 bits per heavy atom. The predicted octanol–water partition coefficient (Wildman–Crippen LogP) is 3.50. The lowest BCUT2D eigenvalue weighted by Gasteiger charge is -2.35. The van der Waals surface area contributed by atoms with Crippen molar-refractivity contribution >= 4 is 27.5 Å². The maximum absolute atomic E-state index is 13.5. The van der Waals surface area contributed by atoms with Crippen LogP contribution in [0.4, 0.5) is 20.6 Å². The first-order chi connectivity index (χ1) is 16.2. The highest BCUT2D eigenvalue weighted by Crippen LogP contribution is 2.42. The number of H-pyrrole nitrogens is 1. The zero-order valence-electron chi connectivity index (χ0n) is 20.2. The summed E-state index contributed by atoms with van der Waals surface area (Å²) in [5.41, 5.74) is -0.800. The fourth-order valence-corrected chi connectivity index (χ4v) is 4.57. The molecule has 0 saturated heterocycles. The number of fused-ring (bicyclic) bond motifs is 1. The van der Waals surface area contributed by atoms with Crippen molar-refractivity contribution in [1.29, 1.82) is 0 Å². The van der Waals surface area contributed by atoms with Gasteiger partial charge in [0.15, 0.2) is 11.9 Å². The van der Waals surface area contributed by atoms with E-state index in [4.69, 9.17) is 9.47 Å². The first kappa shape index (κ1) is 26.0. The average Bonchev–Trinajstić information content (AvgIpc) is 3.08. The molecular formula is C22H28FN5O6S. The molecule has 0 saturated carbocycles. The molecule has 1 amide bonds. The van der Waals surface area contributed by atoms with Gasteiger partial charge in [-0.15, -0.1) is 0 Å². The Morgan fingerprint density at radius 1 is 1.31 bits per heavy atom. The van der Waals surface area contributed by atoms with Crippen molar-refractivity contribution in [2.24, 2.45) is 7.05 Å². The molecule has 2 heterocycles. The molecule has 2 N–H and O–H groups in total. The number of allylic oxidation sites excluding steroid dienone is 4. The molecule has 0 spiro atoms. The minimum atomic E-state index is -4.16. The minimum Gasteiger partial charge on any atom is -0.478 e. The number of nitrogens with one attached hydrogen (secondary N) is 2. The summed E-state index contributed by atoms with van der Waals surface area (Å²) in [6.07, 6.45) is 0.565. The molecule has 0 aliphatic carbocycles. The molecule has 1 aliphatic heterocycles. The summed E-state index contributed by atoms with van der Waals surface area (Å²) in [4.78, 5) is 24.0. The smallest absolute Gasteiger partial charge is 0.412 e. The summed E-state index contributed by atoms with van der Waals surface area (Å²) >= 11 is 0. The standard InChI is InChI=1S/C22H28FN5O6S/c1-13(23)7-8-14(2)35(31,32)28-12-18(19-25-26-20(29)27(19)6)33-17-10-9-15(11-16(17)28)24-21(30)34-22(3,4)5/h7-11,18H,12H2,1-6H3,(H,24,30)(H,26,29). The van der Waals surface area contributed by atoms with E-state index in [2.05, 4.69) is 15.5 Å². The Kier molecular flexibility index (Phi) is 7.11. The molecule has 0 radical (unpaired) electrons. The Balaban J connectivity index is 2.07. The fraction of sp³-hybridized carbons (Fsp3) is 0.409. The minimum absolute atomic E-state index is 0.123. The van der Waals surface area contributed by atoms with Gasteiger partial charge < -0.3 is 9.47 Å². The second-order valence-corrected chi connectivity index (χ2v) is 11.0. The van der Waals surface area contributed by atoms with E-state index in [1.165, 1.54) is 43.7 Å². The van der Waals surface area contributed by atoms with Gasteiger partial charge in [0.05, 0.1) is 23.0 Å². The number of rotatable bonds is 5. The third kappa shape index (κ3) is 5.91. The lowest BCUT2D eigenvalue weighted by atomic mass is 10.2. The molecule has 190 valence electrons. The second-order valence-electron chi connectivity index (χ2n) is 8.93. The maximum atomic E-state index is 13.5. The van der Waals surface area contributed by atoms with E-state index in [9.17, 15) is 22.4 Å². The molecule has 1 aliphatic rings. The van der Waals surface area contributed by atoms with E-state index < -0.39 is 39.3 Å². The van der Waals surface area contributed by atoms with Crippen LogP contribution in [0.15, 0.2) is 45.9 Å². The molecular weight excluding hydrogens is 481 g/mol. The van der Waals surface area contributed by atoms with Crippen LogP contribution >= 0.6 is 0 Å². The van der Waals surface area contributed by atoms with Gasteiger partial charge in [-0.05, 0) is 65.0 Å². The third-order valence-electron chi connectivity index (χ3n) is 4.92. The highest BCUT2D eigenvalue weighted by molar-refractivity contribution is 7.96. The molecule has 2 aromatic rings. The predicted molar refractivity (Wildman–Crippen MR) is 128 cm³/mol. The van der Waals surface area contributed by atoms with Gasteiger partial charge in [-0.3, -0.25) is 14.2 Å². The normalized spacial score (nSPS) is 17.0. The summed E-state index contributed by atoms with van der Waals surface area (Å²) in [6.45, 7) is 7.45. The highest BCUT2D eigenvalue weighted by Gasteiger charge is 2.37. The van der Waals surface area contributed by atoms with Gasteiger partial charge in [-0.1, -0.05) is 0 Å². The van der Waals surface area contributed by atoms with Gasteiger partial charge >= 0.3 is 11.8 Å². The van der Waals surface area contributed by atoms with Gasteiger partial charge in [0.2, 0.25) is 0 Å². The lowest BCUT2D eigenvalue weighted by Crippen LogP contribution is -2.41. The number of sulfonamides is 1. The summed E-state index contributed by atoms with van der Waals surface area (Å²) in [5.74, 6) is -0.187. The quantitative estimate of drug-likeness (QED) is 0.589. The van der Waals surface area contributed by atoms with Crippen LogP contribution in [0.25, 0.3) is 0 Å². The fourth-order valence-electron chi connectivity index (χ4n) is 3.25. The number of carbonyl (C=O) groups excluding carboxylic acids is 1. The second kappa shape index (κ2) is 9.56. The van der Waals surface area contributed by atoms with Crippen molar-refractivity contribution < 1.29 is 27.1 Å². The summed E-state index contributed by atoms with van der Waals surface area (Å²) in [6, 6.07) is 4.45. The molecule has 11 nitrogen and oxygen atoms in total. The van der Waals surface area contributed by atoms with E-state index in [1.54, 1.807) is 20.8 Å².